The van der Waals surface area contributed by atoms with E-state index in [1.165, 1.54) is 0 Å². The van der Waals surface area contributed by atoms with Crippen LogP contribution in [-0.2, 0) is 14.8 Å². The SMILES string of the molecule is CCC(Oc1ccccc1)C(=O)Nc1ccc(S(=O)(=O)N2CCCC(C)C2)cc1. The average molecular weight is 417 g/mol. The maximum atomic E-state index is 12.8. The lowest BCUT2D eigenvalue weighted by molar-refractivity contribution is -0.122. The van der Waals surface area contributed by atoms with Crippen molar-refractivity contribution in [3.63, 3.8) is 0 Å². The summed E-state index contributed by atoms with van der Waals surface area (Å²) in [5.74, 6) is 0.733. The van der Waals surface area contributed by atoms with E-state index in [4.69, 9.17) is 4.74 Å². The van der Waals surface area contributed by atoms with Crippen molar-refractivity contribution in [2.75, 3.05) is 18.4 Å². The molecule has 0 aliphatic carbocycles. The minimum atomic E-state index is -3.51. The zero-order valence-corrected chi connectivity index (χ0v) is 17.7. The van der Waals surface area contributed by atoms with Crippen LogP contribution >= 0.6 is 0 Å². The molecule has 1 aliphatic heterocycles. The first kappa shape index (κ1) is 21.3. The van der Waals surface area contributed by atoms with Crippen LogP contribution in [0.2, 0.25) is 0 Å². The maximum absolute atomic E-state index is 12.8. The number of rotatable bonds is 7. The molecule has 1 amide bonds. The molecule has 1 heterocycles. The van der Waals surface area contributed by atoms with Crippen LogP contribution in [0.25, 0.3) is 0 Å². The van der Waals surface area contributed by atoms with Crippen LogP contribution in [-0.4, -0.2) is 37.8 Å². The Hall–Kier alpha value is -2.38. The third-order valence-electron chi connectivity index (χ3n) is 5.06. The molecule has 2 aromatic carbocycles. The number of ether oxygens (including phenoxy) is 1. The maximum Gasteiger partial charge on any atom is 0.265 e. The van der Waals surface area contributed by atoms with E-state index in [9.17, 15) is 13.2 Å². The monoisotopic (exact) mass is 416 g/mol. The number of hydrogen-bond donors (Lipinski definition) is 1. The minimum Gasteiger partial charge on any atom is -0.481 e. The van der Waals surface area contributed by atoms with Crippen LogP contribution in [0.1, 0.15) is 33.1 Å². The topological polar surface area (TPSA) is 75.7 Å². The lowest BCUT2D eigenvalue weighted by Crippen LogP contribution is -2.39. The van der Waals surface area contributed by atoms with Crippen molar-refractivity contribution in [3.05, 3.63) is 54.6 Å². The fourth-order valence-corrected chi connectivity index (χ4v) is 5.03. The summed E-state index contributed by atoms with van der Waals surface area (Å²) >= 11 is 0. The molecular weight excluding hydrogens is 388 g/mol. The van der Waals surface area contributed by atoms with Crippen molar-refractivity contribution >= 4 is 21.6 Å². The molecule has 1 aliphatic rings. The van der Waals surface area contributed by atoms with Gasteiger partial charge in [-0.1, -0.05) is 32.0 Å². The normalized spacial score (nSPS) is 18.8. The molecule has 7 heteroatoms. The van der Waals surface area contributed by atoms with Gasteiger partial charge < -0.3 is 10.1 Å². The standard InChI is InChI=1S/C22H28N2O4S/c1-3-21(28-19-9-5-4-6-10-19)22(25)23-18-11-13-20(14-12-18)29(26,27)24-15-7-8-17(2)16-24/h4-6,9-14,17,21H,3,7-8,15-16H2,1-2H3,(H,23,25). The van der Waals surface area contributed by atoms with Gasteiger partial charge in [-0.3, -0.25) is 4.79 Å². The third-order valence-corrected chi connectivity index (χ3v) is 6.94. The number of anilines is 1. The Balaban J connectivity index is 1.65. The summed E-state index contributed by atoms with van der Waals surface area (Å²) in [5.41, 5.74) is 0.538. The second-order valence-corrected chi connectivity index (χ2v) is 9.39. The van der Waals surface area contributed by atoms with Crippen LogP contribution in [0.5, 0.6) is 5.75 Å². The Morgan fingerprint density at radius 3 is 2.48 bits per heavy atom. The van der Waals surface area contributed by atoms with Crippen LogP contribution in [0.3, 0.4) is 0 Å². The highest BCUT2D eigenvalue weighted by Crippen LogP contribution is 2.24. The number of nitrogens with zero attached hydrogens (tertiary/aromatic N) is 1. The average Bonchev–Trinajstić information content (AvgIpc) is 2.73. The van der Waals surface area contributed by atoms with E-state index in [0.29, 0.717) is 36.9 Å². The largest absolute Gasteiger partial charge is 0.481 e. The van der Waals surface area contributed by atoms with Gasteiger partial charge in [0.25, 0.3) is 5.91 Å². The first-order chi connectivity index (χ1) is 13.9. The van der Waals surface area contributed by atoms with Gasteiger partial charge in [0.05, 0.1) is 4.90 Å². The van der Waals surface area contributed by atoms with Gasteiger partial charge in [-0.05, 0) is 61.6 Å². The molecule has 0 spiro atoms. The van der Waals surface area contributed by atoms with Gasteiger partial charge in [-0.15, -0.1) is 0 Å². The molecule has 6 nitrogen and oxygen atoms in total. The molecule has 156 valence electrons. The van der Waals surface area contributed by atoms with Crippen LogP contribution in [0.15, 0.2) is 59.5 Å². The highest BCUT2D eigenvalue weighted by molar-refractivity contribution is 7.89. The number of hydrogen-bond acceptors (Lipinski definition) is 4. The number of sulfonamides is 1. The van der Waals surface area contributed by atoms with Crippen LogP contribution in [0, 0.1) is 5.92 Å². The second kappa shape index (κ2) is 9.41. The molecule has 2 unspecified atom stereocenters. The van der Waals surface area contributed by atoms with E-state index < -0.39 is 16.1 Å². The van der Waals surface area contributed by atoms with E-state index in [0.717, 1.165) is 12.8 Å². The Labute approximate surface area is 172 Å². The van der Waals surface area contributed by atoms with Crippen molar-refractivity contribution < 1.29 is 17.9 Å². The zero-order valence-electron chi connectivity index (χ0n) is 16.9. The lowest BCUT2D eigenvalue weighted by atomic mass is 10.0. The molecule has 3 rings (SSSR count). The highest BCUT2D eigenvalue weighted by atomic mass is 32.2. The number of amides is 1. The van der Waals surface area contributed by atoms with Crippen LogP contribution < -0.4 is 10.1 Å². The van der Waals surface area contributed by atoms with Crippen molar-refractivity contribution in [1.82, 2.24) is 4.31 Å². The summed E-state index contributed by atoms with van der Waals surface area (Å²) in [4.78, 5) is 12.8. The van der Waals surface area contributed by atoms with E-state index in [2.05, 4.69) is 12.2 Å². The number of carbonyl (C=O) groups excluding carboxylic acids is 1. The summed E-state index contributed by atoms with van der Waals surface area (Å²) in [6, 6.07) is 15.5. The first-order valence-electron chi connectivity index (χ1n) is 10.0. The van der Waals surface area contributed by atoms with Crippen LogP contribution in [0.4, 0.5) is 5.69 Å². The predicted molar refractivity (Wildman–Crippen MR) is 113 cm³/mol. The quantitative estimate of drug-likeness (QED) is 0.743. The van der Waals surface area contributed by atoms with Crippen molar-refractivity contribution in [2.24, 2.45) is 5.92 Å². The Morgan fingerprint density at radius 1 is 1.17 bits per heavy atom. The fraction of sp³-hybridized carbons (Fsp3) is 0.409. The molecule has 2 aromatic rings. The first-order valence-corrected chi connectivity index (χ1v) is 11.5. The van der Waals surface area contributed by atoms with Gasteiger partial charge in [0.2, 0.25) is 10.0 Å². The minimum absolute atomic E-state index is 0.247. The number of nitrogens with one attached hydrogen (secondary N) is 1. The summed E-state index contributed by atoms with van der Waals surface area (Å²) < 4.78 is 33.0. The fourth-order valence-electron chi connectivity index (χ4n) is 3.43. The predicted octanol–water partition coefficient (Wildman–Crippen LogP) is 3.90. The molecular formula is C22H28N2O4S. The zero-order chi connectivity index (χ0) is 20.9. The molecule has 0 aromatic heterocycles. The smallest absolute Gasteiger partial charge is 0.265 e. The number of para-hydroxylation sites is 1. The lowest BCUT2D eigenvalue weighted by Gasteiger charge is -2.30. The van der Waals surface area contributed by atoms with Gasteiger partial charge >= 0.3 is 0 Å². The molecule has 29 heavy (non-hydrogen) atoms. The summed E-state index contributed by atoms with van der Waals surface area (Å²) in [6.07, 6.45) is 1.82. The molecule has 1 fully saturated rings. The molecule has 1 N–H and O–H groups in total. The van der Waals surface area contributed by atoms with E-state index in [-0.39, 0.29) is 10.8 Å². The summed E-state index contributed by atoms with van der Waals surface area (Å²) in [6.45, 7) is 5.06. The Morgan fingerprint density at radius 2 is 1.86 bits per heavy atom. The third kappa shape index (κ3) is 5.36. The van der Waals surface area contributed by atoms with Crippen molar-refractivity contribution in [1.29, 1.82) is 0 Å². The van der Waals surface area contributed by atoms with E-state index in [1.54, 1.807) is 40.7 Å². The van der Waals surface area contributed by atoms with Gasteiger partial charge in [0.1, 0.15) is 5.75 Å². The molecule has 0 radical (unpaired) electrons. The van der Waals surface area contributed by atoms with E-state index >= 15 is 0 Å². The summed E-state index contributed by atoms with van der Waals surface area (Å²) in [7, 11) is -3.51. The second-order valence-electron chi connectivity index (χ2n) is 7.45. The number of benzene rings is 2. The van der Waals surface area contributed by atoms with E-state index in [1.807, 2.05) is 25.1 Å². The van der Waals surface area contributed by atoms with Gasteiger partial charge in [-0.2, -0.15) is 4.31 Å². The Bertz CT molecular complexity index is 914. The highest BCUT2D eigenvalue weighted by Gasteiger charge is 2.28. The Kier molecular flexibility index (Phi) is 6.92. The molecule has 1 saturated heterocycles. The number of piperidine rings is 1. The van der Waals surface area contributed by atoms with Gasteiger partial charge in [0.15, 0.2) is 6.10 Å². The van der Waals surface area contributed by atoms with Crippen molar-refractivity contribution in [2.45, 2.75) is 44.1 Å². The van der Waals surface area contributed by atoms with Gasteiger partial charge in [-0.25, -0.2) is 8.42 Å². The summed E-state index contributed by atoms with van der Waals surface area (Å²) in [5, 5.41) is 2.81. The molecule has 0 saturated carbocycles. The molecule has 0 bridgehead atoms. The van der Waals surface area contributed by atoms with Gasteiger partial charge in [0, 0.05) is 18.8 Å². The van der Waals surface area contributed by atoms with Crippen molar-refractivity contribution in [3.8, 4) is 5.75 Å². The number of carbonyl (C=O) groups is 1. The molecule has 2 atom stereocenters.